The van der Waals surface area contributed by atoms with E-state index in [1.165, 1.54) is 12.1 Å². The van der Waals surface area contributed by atoms with Crippen molar-refractivity contribution in [2.24, 2.45) is 4.99 Å². The number of hydrogen-bond acceptors (Lipinski definition) is 4. The lowest BCUT2D eigenvalue weighted by Gasteiger charge is -2.12. The molecule has 2 aromatic rings. The zero-order valence-electron chi connectivity index (χ0n) is 16.8. The lowest BCUT2D eigenvalue weighted by atomic mass is 10.0. The van der Waals surface area contributed by atoms with Gasteiger partial charge in [0, 0.05) is 24.2 Å². The third-order valence-corrected chi connectivity index (χ3v) is 6.25. The molecule has 3 rings (SSSR count). The third kappa shape index (κ3) is 5.67. The second kappa shape index (κ2) is 9.22. The van der Waals surface area contributed by atoms with Gasteiger partial charge in [-0.3, -0.25) is 14.5 Å². The van der Waals surface area contributed by atoms with Crippen LogP contribution < -0.4 is 10.0 Å². The Kier molecular flexibility index (Phi) is 6.69. The van der Waals surface area contributed by atoms with Crippen molar-refractivity contribution >= 4 is 27.5 Å². The van der Waals surface area contributed by atoms with Gasteiger partial charge in [0.15, 0.2) is 0 Å². The maximum atomic E-state index is 12.7. The minimum atomic E-state index is -3.75. The van der Waals surface area contributed by atoms with E-state index >= 15 is 0 Å². The Morgan fingerprint density at radius 1 is 1.03 bits per heavy atom. The number of sulfonamides is 1. The van der Waals surface area contributed by atoms with Gasteiger partial charge in [0.2, 0.25) is 0 Å². The first-order valence-electron chi connectivity index (χ1n) is 9.93. The molecular weight excluding hydrogens is 386 g/mol. The molecule has 0 aromatic heterocycles. The summed E-state index contributed by atoms with van der Waals surface area (Å²) in [4.78, 5) is 16.9. The predicted octanol–water partition coefficient (Wildman–Crippen LogP) is 4.31. The number of nitrogens with one attached hydrogen (secondary N) is 2. The number of amidine groups is 1. The largest absolute Gasteiger partial charge is 0.322 e. The molecule has 2 aromatic carbocycles. The lowest BCUT2D eigenvalue weighted by Crippen LogP contribution is -2.30. The number of nitrogens with zero attached hydrogens (tertiary/aromatic N) is 1. The molecule has 2 N–H and O–H groups in total. The molecule has 0 radical (unpaired) electrons. The highest BCUT2D eigenvalue weighted by molar-refractivity contribution is 7.90. The van der Waals surface area contributed by atoms with Gasteiger partial charge < -0.3 is 5.32 Å². The Morgan fingerprint density at radius 3 is 2.52 bits per heavy atom. The number of anilines is 1. The molecule has 1 amide bonds. The molecule has 154 valence electrons. The van der Waals surface area contributed by atoms with Gasteiger partial charge in [0.1, 0.15) is 5.84 Å². The average molecular weight is 414 g/mol. The lowest BCUT2D eigenvalue weighted by molar-refractivity contribution is 0.102. The zero-order valence-corrected chi connectivity index (χ0v) is 17.6. The summed E-state index contributed by atoms with van der Waals surface area (Å²) in [6.45, 7) is 4.83. The van der Waals surface area contributed by atoms with Crippen LogP contribution in [0, 0.1) is 0 Å². The van der Waals surface area contributed by atoms with Crippen LogP contribution in [0.5, 0.6) is 0 Å². The van der Waals surface area contributed by atoms with E-state index in [0.717, 1.165) is 24.8 Å². The van der Waals surface area contributed by atoms with Crippen LogP contribution in [0.3, 0.4) is 0 Å². The van der Waals surface area contributed by atoms with Gasteiger partial charge in [-0.15, -0.1) is 0 Å². The summed E-state index contributed by atoms with van der Waals surface area (Å²) < 4.78 is 28.0. The molecule has 0 saturated carbocycles. The SMILES string of the molecule is CC(C)c1ccc(C(=O)Nc2cccc(S(=O)(=O)NC3=NCCCCC3)c2)cc1. The molecule has 0 aliphatic carbocycles. The molecule has 0 saturated heterocycles. The van der Waals surface area contributed by atoms with Crippen molar-refractivity contribution in [3.63, 3.8) is 0 Å². The topological polar surface area (TPSA) is 87.6 Å². The van der Waals surface area contributed by atoms with E-state index < -0.39 is 10.0 Å². The molecule has 1 aliphatic heterocycles. The van der Waals surface area contributed by atoms with Crippen LogP contribution in [0.2, 0.25) is 0 Å². The molecule has 0 unspecified atom stereocenters. The number of aliphatic imine (C=N–C) groups is 1. The number of carbonyl (C=O) groups is 1. The normalized spacial score (nSPS) is 14.8. The number of rotatable bonds is 5. The van der Waals surface area contributed by atoms with E-state index in [-0.39, 0.29) is 10.8 Å². The molecule has 29 heavy (non-hydrogen) atoms. The molecule has 1 aliphatic rings. The van der Waals surface area contributed by atoms with Crippen molar-refractivity contribution in [3.8, 4) is 0 Å². The minimum absolute atomic E-state index is 0.0948. The molecular formula is C22H27N3O3S. The minimum Gasteiger partial charge on any atom is -0.322 e. The summed E-state index contributed by atoms with van der Waals surface area (Å²) in [5.41, 5.74) is 2.10. The van der Waals surface area contributed by atoms with Gasteiger partial charge >= 0.3 is 0 Å². The molecule has 0 spiro atoms. The van der Waals surface area contributed by atoms with Crippen molar-refractivity contribution < 1.29 is 13.2 Å². The van der Waals surface area contributed by atoms with Crippen LogP contribution in [0.15, 0.2) is 58.4 Å². The number of carbonyl (C=O) groups excluding carboxylic acids is 1. The smallest absolute Gasteiger partial charge is 0.262 e. The van der Waals surface area contributed by atoms with E-state index in [2.05, 4.69) is 28.9 Å². The number of benzene rings is 2. The molecule has 7 heteroatoms. The highest BCUT2D eigenvalue weighted by Crippen LogP contribution is 2.19. The van der Waals surface area contributed by atoms with Crippen molar-refractivity contribution in [2.45, 2.75) is 50.3 Å². The molecule has 0 fully saturated rings. The standard InChI is InChI=1S/C22H27N3O3S/c1-16(2)17-10-12-18(13-11-17)22(26)24-19-7-6-8-20(15-19)29(27,28)25-21-9-4-3-5-14-23-21/h6-8,10-13,15-16H,3-5,9,14H2,1-2H3,(H,23,25)(H,24,26). The van der Waals surface area contributed by atoms with Gasteiger partial charge in [-0.2, -0.15) is 0 Å². The number of amides is 1. The summed E-state index contributed by atoms with van der Waals surface area (Å²) in [5.74, 6) is 0.609. The second-order valence-corrected chi connectivity index (χ2v) is 9.19. The van der Waals surface area contributed by atoms with Crippen LogP contribution in [-0.2, 0) is 10.0 Å². The first-order valence-corrected chi connectivity index (χ1v) is 11.4. The first-order chi connectivity index (χ1) is 13.8. The maximum absolute atomic E-state index is 12.7. The molecule has 1 heterocycles. The van der Waals surface area contributed by atoms with Crippen LogP contribution in [-0.4, -0.2) is 26.7 Å². The number of hydrogen-bond donors (Lipinski definition) is 2. The summed E-state index contributed by atoms with van der Waals surface area (Å²) in [6, 6.07) is 13.7. The van der Waals surface area contributed by atoms with Crippen molar-refractivity contribution in [3.05, 3.63) is 59.7 Å². The maximum Gasteiger partial charge on any atom is 0.262 e. The van der Waals surface area contributed by atoms with E-state index in [9.17, 15) is 13.2 Å². The highest BCUT2D eigenvalue weighted by atomic mass is 32.2. The van der Waals surface area contributed by atoms with Crippen molar-refractivity contribution in [1.82, 2.24) is 4.72 Å². The van der Waals surface area contributed by atoms with Crippen molar-refractivity contribution in [1.29, 1.82) is 0 Å². The molecule has 6 nitrogen and oxygen atoms in total. The van der Waals surface area contributed by atoms with Gasteiger partial charge in [0.25, 0.3) is 15.9 Å². The van der Waals surface area contributed by atoms with Crippen LogP contribution in [0.25, 0.3) is 0 Å². The third-order valence-electron chi connectivity index (χ3n) is 4.87. The van der Waals surface area contributed by atoms with Gasteiger partial charge in [-0.05, 0) is 54.7 Å². The van der Waals surface area contributed by atoms with Crippen LogP contribution in [0.1, 0.15) is 61.4 Å². The molecule has 0 atom stereocenters. The predicted molar refractivity (Wildman–Crippen MR) is 116 cm³/mol. The Bertz CT molecular complexity index is 996. The summed E-state index contributed by atoms with van der Waals surface area (Å²) >= 11 is 0. The summed E-state index contributed by atoms with van der Waals surface area (Å²) in [6.07, 6.45) is 3.58. The zero-order chi connectivity index (χ0) is 20.9. The Balaban J connectivity index is 1.73. The monoisotopic (exact) mass is 413 g/mol. The summed E-state index contributed by atoms with van der Waals surface area (Å²) in [5, 5.41) is 2.77. The van der Waals surface area contributed by atoms with E-state index in [1.54, 1.807) is 24.3 Å². The van der Waals surface area contributed by atoms with Gasteiger partial charge in [-0.1, -0.05) is 38.5 Å². The Labute approximate surface area is 172 Å². The van der Waals surface area contributed by atoms with Gasteiger partial charge in [-0.25, -0.2) is 8.42 Å². The second-order valence-electron chi connectivity index (χ2n) is 7.50. The summed E-state index contributed by atoms with van der Waals surface area (Å²) in [7, 11) is -3.75. The fourth-order valence-electron chi connectivity index (χ4n) is 3.14. The van der Waals surface area contributed by atoms with Crippen LogP contribution in [0.4, 0.5) is 5.69 Å². The Morgan fingerprint density at radius 2 is 1.79 bits per heavy atom. The fourth-order valence-corrected chi connectivity index (χ4v) is 4.27. The quantitative estimate of drug-likeness (QED) is 0.765. The molecule has 0 bridgehead atoms. The first kappa shape index (κ1) is 21.0. The van der Waals surface area contributed by atoms with Crippen molar-refractivity contribution in [2.75, 3.05) is 11.9 Å². The van der Waals surface area contributed by atoms with Gasteiger partial charge in [0.05, 0.1) is 4.90 Å². The highest BCUT2D eigenvalue weighted by Gasteiger charge is 2.18. The van der Waals surface area contributed by atoms with E-state index in [1.807, 2.05) is 12.1 Å². The van der Waals surface area contributed by atoms with E-state index in [4.69, 9.17) is 0 Å². The van der Waals surface area contributed by atoms with E-state index in [0.29, 0.717) is 36.0 Å². The van der Waals surface area contributed by atoms with Crippen LogP contribution >= 0.6 is 0 Å². The Hall–Kier alpha value is -2.67. The fraction of sp³-hybridized carbons (Fsp3) is 0.364. The average Bonchev–Trinajstić information content (AvgIpc) is 2.96.